The monoisotopic (exact) mass is 227 g/mol. The van der Waals surface area contributed by atoms with Crippen LogP contribution in [0.25, 0.3) is 0 Å². The number of hydrogen-bond donors (Lipinski definition) is 2. The first-order valence-corrected chi connectivity index (χ1v) is 6.82. The number of aliphatic hydroxyl groups excluding tert-OH is 1. The Bertz CT molecular complexity index is 191. The molecule has 0 spiro atoms. The molecule has 2 unspecified atom stereocenters. The average molecular weight is 227 g/mol. The molecule has 16 heavy (non-hydrogen) atoms. The van der Waals surface area contributed by atoms with Gasteiger partial charge in [0, 0.05) is 12.6 Å². The fourth-order valence-corrected chi connectivity index (χ4v) is 2.40. The Morgan fingerprint density at radius 2 is 1.75 bits per heavy atom. The van der Waals surface area contributed by atoms with E-state index in [0.29, 0.717) is 6.04 Å². The van der Waals surface area contributed by atoms with Crippen molar-refractivity contribution in [2.24, 2.45) is 11.3 Å². The van der Waals surface area contributed by atoms with E-state index in [1.807, 2.05) is 0 Å². The lowest BCUT2D eigenvalue weighted by Crippen LogP contribution is -2.43. The predicted molar refractivity (Wildman–Crippen MR) is 69.5 cm³/mol. The summed E-state index contributed by atoms with van der Waals surface area (Å²) in [6.45, 7) is 9.26. The van der Waals surface area contributed by atoms with E-state index in [2.05, 4.69) is 33.0 Å². The highest BCUT2D eigenvalue weighted by Gasteiger charge is 2.24. The molecule has 0 bridgehead atoms. The summed E-state index contributed by atoms with van der Waals surface area (Å²) in [6, 6.07) is 0.553. The largest absolute Gasteiger partial charge is 0.391 e. The number of aliphatic hydroxyl groups is 1. The van der Waals surface area contributed by atoms with Crippen molar-refractivity contribution in [3.63, 3.8) is 0 Å². The maximum Gasteiger partial charge on any atom is 0.0712 e. The van der Waals surface area contributed by atoms with Gasteiger partial charge in [-0.25, -0.2) is 0 Å². The molecule has 0 radical (unpaired) electrons. The smallest absolute Gasteiger partial charge is 0.0712 e. The van der Waals surface area contributed by atoms with Gasteiger partial charge in [0.25, 0.3) is 0 Å². The van der Waals surface area contributed by atoms with E-state index in [-0.39, 0.29) is 11.5 Å². The third-order valence-corrected chi connectivity index (χ3v) is 3.99. The minimum atomic E-state index is -0.251. The number of rotatable bonds is 4. The van der Waals surface area contributed by atoms with Crippen LogP contribution in [0.1, 0.15) is 59.8 Å². The molecule has 2 N–H and O–H groups in total. The van der Waals surface area contributed by atoms with Crippen molar-refractivity contribution < 1.29 is 5.11 Å². The van der Waals surface area contributed by atoms with Crippen molar-refractivity contribution in [1.82, 2.24) is 5.32 Å². The third kappa shape index (κ3) is 4.42. The van der Waals surface area contributed by atoms with Crippen molar-refractivity contribution in [1.29, 1.82) is 0 Å². The Kier molecular flexibility index (Phi) is 5.26. The van der Waals surface area contributed by atoms with Gasteiger partial charge in [-0.1, -0.05) is 40.0 Å². The second-order valence-corrected chi connectivity index (χ2v) is 6.48. The summed E-state index contributed by atoms with van der Waals surface area (Å²) in [4.78, 5) is 0. The van der Waals surface area contributed by atoms with Gasteiger partial charge in [0.15, 0.2) is 0 Å². The van der Waals surface area contributed by atoms with E-state index >= 15 is 0 Å². The molecule has 96 valence electrons. The van der Waals surface area contributed by atoms with Gasteiger partial charge in [-0.3, -0.25) is 0 Å². The van der Waals surface area contributed by atoms with Crippen molar-refractivity contribution in [3.8, 4) is 0 Å². The van der Waals surface area contributed by atoms with E-state index < -0.39 is 0 Å². The lowest BCUT2D eigenvalue weighted by atomic mass is 9.84. The first-order chi connectivity index (χ1) is 7.41. The number of nitrogens with one attached hydrogen (secondary N) is 1. The van der Waals surface area contributed by atoms with Gasteiger partial charge in [0.05, 0.1) is 6.10 Å². The van der Waals surface area contributed by atoms with Crippen LogP contribution >= 0.6 is 0 Å². The molecule has 0 aromatic carbocycles. The molecule has 0 aromatic heterocycles. The molecule has 1 rings (SSSR count). The van der Waals surface area contributed by atoms with Crippen molar-refractivity contribution in [2.45, 2.75) is 71.9 Å². The van der Waals surface area contributed by atoms with Crippen LogP contribution < -0.4 is 5.32 Å². The van der Waals surface area contributed by atoms with Crippen LogP contribution in [0, 0.1) is 11.3 Å². The normalized spacial score (nSPS) is 23.1. The quantitative estimate of drug-likeness (QED) is 0.774. The minimum absolute atomic E-state index is 0.0146. The van der Waals surface area contributed by atoms with Crippen molar-refractivity contribution in [3.05, 3.63) is 0 Å². The summed E-state index contributed by atoms with van der Waals surface area (Å²) < 4.78 is 0. The zero-order valence-corrected chi connectivity index (χ0v) is 11.4. The van der Waals surface area contributed by atoms with Crippen LogP contribution in [0.3, 0.4) is 0 Å². The third-order valence-electron chi connectivity index (χ3n) is 3.99. The zero-order chi connectivity index (χ0) is 12.2. The van der Waals surface area contributed by atoms with Crippen molar-refractivity contribution >= 4 is 0 Å². The fourth-order valence-electron chi connectivity index (χ4n) is 2.40. The summed E-state index contributed by atoms with van der Waals surface area (Å²) in [5.41, 5.74) is -0.0146. The first-order valence-electron chi connectivity index (χ1n) is 6.82. The summed E-state index contributed by atoms with van der Waals surface area (Å²) in [5.74, 6) is 0.820. The topological polar surface area (TPSA) is 32.3 Å². The number of hydrogen-bond acceptors (Lipinski definition) is 2. The Morgan fingerprint density at radius 1 is 1.19 bits per heavy atom. The van der Waals surface area contributed by atoms with Crippen LogP contribution in [0.15, 0.2) is 0 Å². The lowest BCUT2D eigenvalue weighted by molar-refractivity contribution is 0.0580. The maximum absolute atomic E-state index is 9.97. The van der Waals surface area contributed by atoms with E-state index in [1.165, 1.54) is 32.1 Å². The van der Waals surface area contributed by atoms with E-state index in [1.54, 1.807) is 0 Å². The highest BCUT2D eigenvalue weighted by molar-refractivity contribution is 4.80. The van der Waals surface area contributed by atoms with E-state index in [9.17, 15) is 5.11 Å². The van der Waals surface area contributed by atoms with E-state index in [0.717, 1.165) is 12.5 Å². The fraction of sp³-hybridized carbons (Fsp3) is 1.00. The summed E-state index contributed by atoms with van der Waals surface area (Å²) >= 11 is 0. The van der Waals surface area contributed by atoms with Gasteiger partial charge in [0.2, 0.25) is 0 Å². The molecule has 2 heteroatoms. The molecular formula is C14H29NO. The van der Waals surface area contributed by atoms with Gasteiger partial charge in [-0.15, -0.1) is 0 Å². The second kappa shape index (κ2) is 6.02. The van der Waals surface area contributed by atoms with Gasteiger partial charge in [0.1, 0.15) is 0 Å². The second-order valence-electron chi connectivity index (χ2n) is 6.48. The standard InChI is InChI=1S/C14H29NO/c1-11(12-8-6-5-7-9-12)15-10-13(16)14(2,3)4/h11-13,15-16H,5-10H2,1-4H3. The Labute approximate surface area is 101 Å². The molecule has 1 saturated carbocycles. The molecule has 0 aromatic rings. The molecule has 0 aliphatic heterocycles. The first kappa shape index (κ1) is 14.0. The molecular weight excluding hydrogens is 198 g/mol. The van der Waals surface area contributed by atoms with Crippen LogP contribution in [0.5, 0.6) is 0 Å². The van der Waals surface area contributed by atoms with Crippen molar-refractivity contribution in [2.75, 3.05) is 6.54 Å². The summed E-state index contributed by atoms with van der Waals surface area (Å²) in [7, 11) is 0. The molecule has 1 aliphatic rings. The highest BCUT2D eigenvalue weighted by Crippen LogP contribution is 2.26. The Morgan fingerprint density at radius 3 is 2.25 bits per heavy atom. The SMILES string of the molecule is CC(NCC(O)C(C)(C)C)C1CCCCC1. The zero-order valence-electron chi connectivity index (χ0n) is 11.4. The average Bonchev–Trinajstić information content (AvgIpc) is 2.25. The van der Waals surface area contributed by atoms with Gasteiger partial charge >= 0.3 is 0 Å². The molecule has 0 heterocycles. The lowest BCUT2D eigenvalue weighted by Gasteiger charge is -2.32. The van der Waals surface area contributed by atoms with Crippen LogP contribution in [-0.4, -0.2) is 23.8 Å². The van der Waals surface area contributed by atoms with Gasteiger partial charge < -0.3 is 10.4 Å². The predicted octanol–water partition coefficient (Wildman–Crippen LogP) is 2.95. The summed E-state index contributed by atoms with van der Waals surface area (Å²) in [5, 5.41) is 13.5. The Balaban J connectivity index is 2.26. The van der Waals surface area contributed by atoms with E-state index in [4.69, 9.17) is 0 Å². The maximum atomic E-state index is 9.97. The molecule has 0 amide bonds. The molecule has 0 saturated heterocycles. The summed E-state index contributed by atoms with van der Waals surface area (Å²) in [6.07, 6.45) is 6.66. The molecule has 1 fully saturated rings. The van der Waals surface area contributed by atoms with Crippen LogP contribution in [-0.2, 0) is 0 Å². The molecule has 1 aliphatic carbocycles. The van der Waals surface area contributed by atoms with Crippen LogP contribution in [0.2, 0.25) is 0 Å². The molecule has 2 atom stereocenters. The van der Waals surface area contributed by atoms with Gasteiger partial charge in [-0.05, 0) is 31.1 Å². The Hall–Kier alpha value is -0.0800. The van der Waals surface area contributed by atoms with Crippen LogP contribution in [0.4, 0.5) is 0 Å². The minimum Gasteiger partial charge on any atom is -0.391 e. The van der Waals surface area contributed by atoms with Gasteiger partial charge in [-0.2, -0.15) is 0 Å². The highest BCUT2D eigenvalue weighted by atomic mass is 16.3. The molecule has 2 nitrogen and oxygen atoms in total.